The number of hydrogen-bond donors (Lipinski definition) is 3. The molecule has 4 rings (SSSR count). The Morgan fingerprint density at radius 1 is 1.17 bits per heavy atom. The summed E-state index contributed by atoms with van der Waals surface area (Å²) in [5, 5.41) is 16.3. The molecule has 0 radical (unpaired) electrons. The Morgan fingerprint density at radius 2 is 1.97 bits per heavy atom. The van der Waals surface area contributed by atoms with Gasteiger partial charge in [0.25, 0.3) is 0 Å². The van der Waals surface area contributed by atoms with Gasteiger partial charge in [-0.1, -0.05) is 42.8 Å². The van der Waals surface area contributed by atoms with Crippen LogP contribution in [-0.2, 0) is 0 Å². The summed E-state index contributed by atoms with van der Waals surface area (Å²) in [6.45, 7) is 2.79. The lowest BCUT2D eigenvalue weighted by Gasteiger charge is -2.58. The molecule has 0 spiro atoms. The topological polar surface area (TPSA) is 84.9 Å². The molecule has 0 aromatic heterocycles. The quantitative estimate of drug-likeness (QED) is 0.695. The first-order chi connectivity index (χ1) is 14.5. The van der Waals surface area contributed by atoms with Gasteiger partial charge < -0.3 is 20.6 Å². The van der Waals surface area contributed by atoms with E-state index in [2.05, 4.69) is 10.6 Å². The van der Waals surface area contributed by atoms with Crippen LogP contribution in [0, 0.1) is 0 Å². The van der Waals surface area contributed by atoms with E-state index in [9.17, 15) is 14.7 Å². The number of carbonyl (C=O) groups is 2. The standard InChI is InChI=1S/C22H25ClN4O3/c1-2-10-24-21(29)27-18-12-26(22(30)25-15-7-5-6-14(23)11-15)17-9-4-3-8-16(17)20(18)19(27)13-28/h3-9,11,18-20,28H,2,10,12-13H2,1H3,(H,24,29)(H,25,30)/t18-,19+,20+/m1/s1. The van der Waals surface area contributed by atoms with Crippen LogP contribution in [0.3, 0.4) is 0 Å². The molecule has 0 bridgehead atoms. The molecule has 8 heteroatoms. The third-order valence-electron chi connectivity index (χ3n) is 5.77. The van der Waals surface area contributed by atoms with Crippen LogP contribution in [0.2, 0.25) is 5.02 Å². The molecule has 3 atom stereocenters. The molecule has 7 nitrogen and oxygen atoms in total. The van der Waals surface area contributed by atoms with E-state index in [1.807, 2.05) is 31.2 Å². The number of nitrogens with one attached hydrogen (secondary N) is 2. The summed E-state index contributed by atoms with van der Waals surface area (Å²) < 4.78 is 0. The lowest BCUT2D eigenvalue weighted by atomic mass is 9.72. The van der Waals surface area contributed by atoms with Crippen LogP contribution in [0.5, 0.6) is 0 Å². The van der Waals surface area contributed by atoms with Crippen molar-refractivity contribution < 1.29 is 14.7 Å². The molecular weight excluding hydrogens is 404 g/mol. The number of carbonyl (C=O) groups excluding carboxylic acids is 2. The summed E-state index contributed by atoms with van der Waals surface area (Å²) in [7, 11) is 0. The largest absolute Gasteiger partial charge is 0.394 e. The van der Waals surface area contributed by atoms with Crippen molar-refractivity contribution in [3.05, 3.63) is 59.1 Å². The van der Waals surface area contributed by atoms with Gasteiger partial charge >= 0.3 is 12.1 Å². The minimum atomic E-state index is -0.300. The number of urea groups is 2. The summed E-state index contributed by atoms with van der Waals surface area (Å²) in [4.78, 5) is 29.2. The molecule has 30 heavy (non-hydrogen) atoms. The number of fused-ring (bicyclic) bond motifs is 3. The zero-order valence-electron chi connectivity index (χ0n) is 16.7. The highest BCUT2D eigenvalue weighted by atomic mass is 35.5. The fraction of sp³-hybridized carbons (Fsp3) is 0.364. The summed E-state index contributed by atoms with van der Waals surface area (Å²) in [6, 6.07) is 13.7. The summed E-state index contributed by atoms with van der Waals surface area (Å²) in [5.41, 5.74) is 2.37. The number of aliphatic hydroxyl groups is 1. The molecule has 2 aliphatic heterocycles. The number of rotatable bonds is 4. The van der Waals surface area contributed by atoms with E-state index in [1.165, 1.54) is 0 Å². The minimum Gasteiger partial charge on any atom is -0.394 e. The number of para-hydroxylation sites is 1. The second-order valence-corrected chi connectivity index (χ2v) is 8.03. The number of likely N-dealkylation sites (tertiary alicyclic amines) is 1. The Kier molecular flexibility index (Phi) is 5.83. The normalized spacial score (nSPS) is 21.9. The van der Waals surface area contributed by atoms with Crippen molar-refractivity contribution in [2.45, 2.75) is 31.3 Å². The highest BCUT2D eigenvalue weighted by Gasteiger charge is 2.55. The van der Waals surface area contributed by atoms with Gasteiger partial charge in [-0.25, -0.2) is 9.59 Å². The van der Waals surface area contributed by atoms with E-state index in [1.54, 1.807) is 34.1 Å². The van der Waals surface area contributed by atoms with Gasteiger partial charge in [0, 0.05) is 35.4 Å². The molecule has 2 aliphatic rings. The van der Waals surface area contributed by atoms with Crippen molar-refractivity contribution in [1.82, 2.24) is 10.2 Å². The second-order valence-electron chi connectivity index (χ2n) is 7.59. The number of benzene rings is 2. The van der Waals surface area contributed by atoms with E-state index >= 15 is 0 Å². The SMILES string of the molecule is CCCNC(=O)N1[C@@H]2CN(C(=O)Nc3cccc(Cl)c3)c3ccccc3[C@@H]2[C@@H]1CO. The van der Waals surface area contributed by atoms with E-state index in [0.717, 1.165) is 17.7 Å². The minimum absolute atomic E-state index is 0.00574. The molecule has 0 unspecified atom stereocenters. The van der Waals surface area contributed by atoms with Gasteiger partial charge in [0.1, 0.15) is 0 Å². The number of amides is 4. The zero-order valence-corrected chi connectivity index (χ0v) is 17.5. The third kappa shape index (κ3) is 3.59. The summed E-state index contributed by atoms with van der Waals surface area (Å²) >= 11 is 6.03. The Labute approximate surface area is 180 Å². The van der Waals surface area contributed by atoms with Crippen molar-refractivity contribution in [3.8, 4) is 0 Å². The smallest absolute Gasteiger partial charge is 0.326 e. The fourth-order valence-corrected chi connectivity index (χ4v) is 4.63. The van der Waals surface area contributed by atoms with Gasteiger partial charge in [0.05, 0.1) is 18.7 Å². The molecule has 2 aromatic carbocycles. The van der Waals surface area contributed by atoms with Gasteiger partial charge in [0.15, 0.2) is 0 Å². The highest BCUT2D eigenvalue weighted by Crippen LogP contribution is 2.48. The number of halogens is 1. The molecule has 0 aliphatic carbocycles. The van der Waals surface area contributed by atoms with E-state index in [0.29, 0.717) is 23.8 Å². The Bertz CT molecular complexity index is 953. The Hall–Kier alpha value is -2.77. The Morgan fingerprint density at radius 3 is 2.70 bits per heavy atom. The van der Waals surface area contributed by atoms with Crippen LogP contribution >= 0.6 is 11.6 Å². The predicted octanol–water partition coefficient (Wildman–Crippen LogP) is 3.64. The van der Waals surface area contributed by atoms with Crippen LogP contribution in [0.25, 0.3) is 0 Å². The molecular formula is C22H25ClN4O3. The van der Waals surface area contributed by atoms with Gasteiger partial charge in [-0.2, -0.15) is 0 Å². The first-order valence-corrected chi connectivity index (χ1v) is 10.5. The molecule has 1 fully saturated rings. The first-order valence-electron chi connectivity index (χ1n) is 10.1. The number of hydrogen-bond acceptors (Lipinski definition) is 3. The third-order valence-corrected chi connectivity index (χ3v) is 6.00. The first kappa shape index (κ1) is 20.5. The number of aliphatic hydroxyl groups excluding tert-OH is 1. The van der Waals surface area contributed by atoms with Crippen molar-refractivity contribution in [3.63, 3.8) is 0 Å². The lowest BCUT2D eigenvalue weighted by molar-refractivity contribution is -0.00673. The molecule has 2 heterocycles. The lowest BCUT2D eigenvalue weighted by Crippen LogP contribution is -2.72. The number of nitrogens with zero attached hydrogens (tertiary/aromatic N) is 2. The maximum atomic E-state index is 13.1. The van der Waals surface area contributed by atoms with Crippen molar-refractivity contribution in [2.75, 3.05) is 29.9 Å². The second kappa shape index (κ2) is 8.53. The molecule has 3 N–H and O–H groups in total. The summed E-state index contributed by atoms with van der Waals surface area (Å²) in [6.07, 6.45) is 0.828. The van der Waals surface area contributed by atoms with E-state index < -0.39 is 0 Å². The monoisotopic (exact) mass is 428 g/mol. The van der Waals surface area contributed by atoms with Crippen LogP contribution < -0.4 is 15.5 Å². The summed E-state index contributed by atoms with van der Waals surface area (Å²) in [5.74, 6) is -0.00574. The van der Waals surface area contributed by atoms with Crippen LogP contribution in [0.15, 0.2) is 48.5 Å². The molecule has 158 valence electrons. The van der Waals surface area contributed by atoms with Gasteiger partial charge in [-0.05, 0) is 36.2 Å². The van der Waals surface area contributed by atoms with Crippen molar-refractivity contribution >= 4 is 35.0 Å². The van der Waals surface area contributed by atoms with Gasteiger partial charge in [-0.15, -0.1) is 0 Å². The van der Waals surface area contributed by atoms with Crippen molar-refractivity contribution in [2.24, 2.45) is 0 Å². The Balaban J connectivity index is 1.62. The number of anilines is 2. The maximum Gasteiger partial charge on any atom is 0.326 e. The van der Waals surface area contributed by atoms with Crippen molar-refractivity contribution in [1.29, 1.82) is 0 Å². The molecule has 4 amide bonds. The molecule has 2 aromatic rings. The van der Waals surface area contributed by atoms with E-state index in [-0.39, 0.29) is 36.7 Å². The predicted molar refractivity (Wildman–Crippen MR) is 117 cm³/mol. The average Bonchev–Trinajstić information content (AvgIpc) is 2.72. The van der Waals surface area contributed by atoms with E-state index in [4.69, 9.17) is 11.6 Å². The molecule has 0 saturated carbocycles. The van der Waals surface area contributed by atoms with Gasteiger partial charge in [0.2, 0.25) is 0 Å². The van der Waals surface area contributed by atoms with Gasteiger partial charge in [-0.3, -0.25) is 4.90 Å². The van der Waals surface area contributed by atoms with Crippen LogP contribution in [0.1, 0.15) is 24.8 Å². The highest BCUT2D eigenvalue weighted by molar-refractivity contribution is 6.30. The fourth-order valence-electron chi connectivity index (χ4n) is 4.44. The zero-order chi connectivity index (χ0) is 21.3. The maximum absolute atomic E-state index is 13.1. The molecule has 1 saturated heterocycles. The van der Waals surface area contributed by atoms with Crippen LogP contribution in [-0.4, -0.2) is 53.8 Å². The average molecular weight is 429 g/mol. The van der Waals surface area contributed by atoms with Crippen LogP contribution in [0.4, 0.5) is 21.0 Å².